The molecule has 0 aliphatic heterocycles. The minimum Gasteiger partial charge on any atom is -0.458 e. The van der Waals surface area contributed by atoms with Gasteiger partial charge in [-0.05, 0) is 35.9 Å². The lowest BCUT2D eigenvalue weighted by molar-refractivity contribution is -0.138. The van der Waals surface area contributed by atoms with E-state index in [1.54, 1.807) is 42.7 Å². The van der Waals surface area contributed by atoms with Gasteiger partial charge in [0.25, 0.3) is 0 Å². The fraction of sp³-hybridized carbons (Fsp3) is 0.0667. The van der Waals surface area contributed by atoms with Crippen molar-refractivity contribution in [3.05, 3.63) is 70.0 Å². The number of nitrogens with zero attached hydrogens (tertiary/aromatic N) is 1. The first kappa shape index (κ1) is 14.6. The first-order valence-electron chi connectivity index (χ1n) is 5.84. The quantitative estimate of drug-likeness (QED) is 0.629. The largest absolute Gasteiger partial charge is 0.458 e. The molecule has 0 unspecified atom stereocenters. The van der Waals surface area contributed by atoms with Crippen LogP contribution in [-0.4, -0.2) is 11.0 Å². The highest BCUT2D eigenvalue weighted by atomic mass is 35.5. The predicted molar refractivity (Wildman–Crippen MR) is 79.5 cm³/mol. The Balaban J connectivity index is 1.94. The van der Waals surface area contributed by atoms with Crippen LogP contribution in [0.3, 0.4) is 0 Å². The van der Waals surface area contributed by atoms with Gasteiger partial charge in [-0.3, -0.25) is 4.98 Å². The average molecular weight is 308 g/mol. The number of rotatable bonds is 4. The molecule has 0 bridgehead atoms. The summed E-state index contributed by atoms with van der Waals surface area (Å²) in [6.07, 6.45) is 6.19. The van der Waals surface area contributed by atoms with Crippen molar-refractivity contribution in [2.24, 2.45) is 0 Å². The number of halogens is 2. The fourth-order valence-corrected chi connectivity index (χ4v) is 1.85. The number of hydrogen-bond donors (Lipinski definition) is 0. The highest BCUT2D eigenvalue weighted by molar-refractivity contribution is 6.34. The first-order chi connectivity index (χ1) is 9.65. The molecule has 0 saturated heterocycles. The van der Waals surface area contributed by atoms with Gasteiger partial charge in [0, 0.05) is 34.1 Å². The Morgan fingerprint density at radius 3 is 2.90 bits per heavy atom. The third kappa shape index (κ3) is 4.37. The summed E-state index contributed by atoms with van der Waals surface area (Å²) in [5.41, 5.74) is 1.49. The van der Waals surface area contributed by atoms with Crippen molar-refractivity contribution in [2.45, 2.75) is 6.61 Å². The van der Waals surface area contributed by atoms with Crippen molar-refractivity contribution in [3.63, 3.8) is 0 Å². The third-order valence-electron chi connectivity index (χ3n) is 2.46. The average Bonchev–Trinajstić information content (AvgIpc) is 2.47. The first-order valence-corrected chi connectivity index (χ1v) is 6.59. The zero-order valence-corrected chi connectivity index (χ0v) is 11.9. The normalized spacial score (nSPS) is 10.7. The van der Waals surface area contributed by atoms with E-state index in [9.17, 15) is 4.79 Å². The Labute approximate surface area is 126 Å². The SMILES string of the molecule is O=C(C=Cc1cc(Cl)ccc1Cl)OCc1cccnc1. The van der Waals surface area contributed by atoms with Crippen LogP contribution in [0.4, 0.5) is 0 Å². The smallest absolute Gasteiger partial charge is 0.331 e. The number of esters is 1. The highest BCUT2D eigenvalue weighted by Gasteiger charge is 2.01. The van der Waals surface area contributed by atoms with Gasteiger partial charge in [-0.2, -0.15) is 0 Å². The summed E-state index contributed by atoms with van der Waals surface area (Å²) in [6.45, 7) is 0.181. The van der Waals surface area contributed by atoms with E-state index in [1.807, 2.05) is 6.07 Å². The maximum absolute atomic E-state index is 11.6. The molecule has 0 amide bonds. The van der Waals surface area contributed by atoms with Crippen molar-refractivity contribution in [2.75, 3.05) is 0 Å². The molecule has 0 fully saturated rings. The number of carbonyl (C=O) groups is 1. The lowest BCUT2D eigenvalue weighted by Crippen LogP contribution is -2.00. The van der Waals surface area contributed by atoms with Crippen molar-refractivity contribution in [3.8, 4) is 0 Å². The molecule has 1 heterocycles. The fourth-order valence-electron chi connectivity index (χ4n) is 1.49. The summed E-state index contributed by atoms with van der Waals surface area (Å²) in [6, 6.07) is 8.64. The standard InChI is InChI=1S/C15H11Cl2NO2/c16-13-4-5-14(17)12(8-13)3-6-15(19)20-10-11-2-1-7-18-9-11/h1-9H,10H2. The molecule has 0 spiro atoms. The van der Waals surface area contributed by atoms with Crippen molar-refractivity contribution >= 4 is 35.2 Å². The monoisotopic (exact) mass is 307 g/mol. The van der Waals surface area contributed by atoms with Gasteiger partial charge in [0.05, 0.1) is 0 Å². The lowest BCUT2D eigenvalue weighted by atomic mass is 10.2. The van der Waals surface area contributed by atoms with Crippen LogP contribution in [0, 0.1) is 0 Å². The van der Waals surface area contributed by atoms with Crippen LogP contribution in [0.25, 0.3) is 6.08 Å². The van der Waals surface area contributed by atoms with E-state index >= 15 is 0 Å². The topological polar surface area (TPSA) is 39.2 Å². The molecule has 2 rings (SSSR count). The molecule has 20 heavy (non-hydrogen) atoms. The summed E-state index contributed by atoms with van der Waals surface area (Å²) in [5, 5.41) is 1.07. The van der Waals surface area contributed by atoms with Crippen molar-refractivity contribution in [1.29, 1.82) is 0 Å². The number of pyridine rings is 1. The van der Waals surface area contributed by atoms with Crippen LogP contribution in [0.2, 0.25) is 10.0 Å². The highest BCUT2D eigenvalue weighted by Crippen LogP contribution is 2.21. The number of carbonyl (C=O) groups excluding carboxylic acids is 1. The maximum Gasteiger partial charge on any atom is 0.331 e. The Morgan fingerprint density at radius 1 is 1.30 bits per heavy atom. The van der Waals surface area contributed by atoms with Gasteiger partial charge in [-0.1, -0.05) is 29.3 Å². The summed E-state index contributed by atoms with van der Waals surface area (Å²) in [4.78, 5) is 15.5. The number of ether oxygens (including phenoxy) is 1. The molecule has 1 aromatic carbocycles. The lowest BCUT2D eigenvalue weighted by Gasteiger charge is -2.02. The summed E-state index contributed by atoms with van der Waals surface area (Å²) < 4.78 is 5.08. The van der Waals surface area contributed by atoms with Crippen LogP contribution in [-0.2, 0) is 16.1 Å². The van der Waals surface area contributed by atoms with Crippen LogP contribution >= 0.6 is 23.2 Å². The minimum absolute atomic E-state index is 0.181. The van der Waals surface area contributed by atoms with Gasteiger partial charge >= 0.3 is 5.97 Å². The van der Waals surface area contributed by atoms with Gasteiger partial charge in [-0.15, -0.1) is 0 Å². The van der Waals surface area contributed by atoms with Gasteiger partial charge < -0.3 is 4.74 Å². The van der Waals surface area contributed by atoms with Crippen molar-refractivity contribution < 1.29 is 9.53 Å². The molecule has 102 valence electrons. The molecule has 5 heteroatoms. The molecule has 0 aliphatic carbocycles. The number of hydrogen-bond acceptors (Lipinski definition) is 3. The van der Waals surface area contributed by atoms with Gasteiger partial charge in [-0.25, -0.2) is 4.79 Å². The molecule has 2 aromatic rings. The molecular formula is C15H11Cl2NO2. The van der Waals surface area contributed by atoms with Gasteiger partial charge in [0.15, 0.2) is 0 Å². The molecule has 0 atom stereocenters. The maximum atomic E-state index is 11.6. The van der Waals surface area contributed by atoms with Gasteiger partial charge in [0.2, 0.25) is 0 Å². The van der Waals surface area contributed by atoms with Crippen LogP contribution < -0.4 is 0 Å². The zero-order chi connectivity index (χ0) is 14.4. The second-order valence-corrected chi connectivity index (χ2v) is 4.81. The summed E-state index contributed by atoms with van der Waals surface area (Å²) in [7, 11) is 0. The van der Waals surface area contributed by atoms with Crippen molar-refractivity contribution in [1.82, 2.24) is 4.98 Å². The Hall–Kier alpha value is -1.84. The number of benzene rings is 1. The Kier molecular flexibility index (Phi) is 5.16. The molecular weight excluding hydrogens is 297 g/mol. The zero-order valence-electron chi connectivity index (χ0n) is 10.4. The summed E-state index contributed by atoms with van der Waals surface area (Å²) >= 11 is 11.8. The second-order valence-electron chi connectivity index (χ2n) is 3.97. The molecule has 0 N–H and O–H groups in total. The van der Waals surface area contributed by atoms with Crippen LogP contribution in [0.1, 0.15) is 11.1 Å². The summed E-state index contributed by atoms with van der Waals surface area (Å²) in [5.74, 6) is -0.454. The molecule has 3 nitrogen and oxygen atoms in total. The van der Waals surface area contributed by atoms with E-state index in [0.717, 1.165) is 5.56 Å². The van der Waals surface area contributed by atoms with E-state index in [0.29, 0.717) is 15.6 Å². The van der Waals surface area contributed by atoms with E-state index in [2.05, 4.69) is 4.98 Å². The minimum atomic E-state index is -0.454. The van der Waals surface area contributed by atoms with Crippen LogP contribution in [0.5, 0.6) is 0 Å². The number of aromatic nitrogens is 1. The Morgan fingerprint density at radius 2 is 2.15 bits per heavy atom. The van der Waals surface area contributed by atoms with Gasteiger partial charge in [0.1, 0.15) is 6.61 Å². The van der Waals surface area contributed by atoms with E-state index in [1.165, 1.54) is 6.08 Å². The van der Waals surface area contributed by atoms with E-state index in [-0.39, 0.29) is 6.61 Å². The second kappa shape index (κ2) is 7.08. The van der Waals surface area contributed by atoms with E-state index < -0.39 is 5.97 Å². The molecule has 0 radical (unpaired) electrons. The molecule has 1 aromatic heterocycles. The van der Waals surface area contributed by atoms with Crippen LogP contribution in [0.15, 0.2) is 48.8 Å². The predicted octanol–water partition coefficient (Wildman–Crippen LogP) is 4.15. The third-order valence-corrected chi connectivity index (χ3v) is 3.04. The Bertz CT molecular complexity index is 627. The molecule has 0 saturated carbocycles. The van der Waals surface area contributed by atoms with E-state index in [4.69, 9.17) is 27.9 Å². The molecule has 0 aliphatic rings.